The largest absolute Gasteiger partial charge is 0.334 e. The van der Waals surface area contributed by atoms with Crippen molar-refractivity contribution in [3.05, 3.63) is 21.4 Å². The second kappa shape index (κ2) is 2.96. The predicted molar refractivity (Wildman–Crippen MR) is 49.6 cm³/mol. The number of nitrogens with zero attached hydrogens (tertiary/aromatic N) is 1. The lowest BCUT2D eigenvalue weighted by atomic mass is 10.2. The fraction of sp³-hybridized carbons (Fsp3) is 0.333. The van der Waals surface area contributed by atoms with Crippen LogP contribution in [0.2, 0.25) is 0 Å². The Morgan fingerprint density at radius 2 is 2.38 bits per heavy atom. The minimum Gasteiger partial charge on any atom is -0.334 e. The molecular weight excluding hydrogens is 186 g/mol. The van der Waals surface area contributed by atoms with Gasteiger partial charge in [0, 0.05) is 20.0 Å². The second-order valence-corrected chi connectivity index (χ2v) is 4.01. The fourth-order valence-electron chi connectivity index (χ4n) is 1.52. The molecule has 0 saturated carbocycles. The van der Waals surface area contributed by atoms with Gasteiger partial charge in [-0.3, -0.25) is 9.59 Å². The molecule has 0 radical (unpaired) electrons. The zero-order valence-corrected chi connectivity index (χ0v) is 8.06. The molecular formula is C9H9NO2S. The van der Waals surface area contributed by atoms with Gasteiger partial charge >= 0.3 is 0 Å². The molecule has 2 rings (SSSR count). The number of rotatable bonds is 1. The van der Waals surface area contributed by atoms with Crippen LogP contribution < -0.4 is 0 Å². The summed E-state index contributed by atoms with van der Waals surface area (Å²) in [4.78, 5) is 24.2. The minimum absolute atomic E-state index is 0.0676. The van der Waals surface area contributed by atoms with Crippen LogP contribution in [0.15, 0.2) is 5.38 Å². The van der Waals surface area contributed by atoms with E-state index in [-0.39, 0.29) is 5.91 Å². The van der Waals surface area contributed by atoms with Gasteiger partial charge in [0.15, 0.2) is 6.29 Å². The van der Waals surface area contributed by atoms with Crippen molar-refractivity contribution in [3.8, 4) is 0 Å². The van der Waals surface area contributed by atoms with Gasteiger partial charge < -0.3 is 4.90 Å². The second-order valence-electron chi connectivity index (χ2n) is 3.10. The third kappa shape index (κ3) is 1.27. The molecule has 0 N–H and O–H groups in total. The van der Waals surface area contributed by atoms with E-state index in [1.165, 1.54) is 11.3 Å². The fourth-order valence-corrected chi connectivity index (χ4v) is 2.40. The van der Waals surface area contributed by atoms with Gasteiger partial charge in [0.2, 0.25) is 5.91 Å². The molecule has 13 heavy (non-hydrogen) atoms. The van der Waals surface area contributed by atoms with Gasteiger partial charge in [-0.1, -0.05) is 0 Å². The van der Waals surface area contributed by atoms with E-state index in [0.717, 1.165) is 22.3 Å². The van der Waals surface area contributed by atoms with Crippen LogP contribution in [0.25, 0.3) is 0 Å². The van der Waals surface area contributed by atoms with E-state index in [0.29, 0.717) is 13.1 Å². The summed E-state index contributed by atoms with van der Waals surface area (Å²) in [6, 6.07) is 0. The maximum atomic E-state index is 11.1. The molecule has 0 atom stereocenters. The molecule has 0 bridgehead atoms. The summed E-state index contributed by atoms with van der Waals surface area (Å²) in [5.74, 6) is 0.0676. The Hall–Kier alpha value is -1.16. The third-order valence-electron chi connectivity index (χ3n) is 2.28. The average Bonchev–Trinajstić information content (AvgIpc) is 2.60. The first-order valence-corrected chi connectivity index (χ1v) is 4.90. The third-order valence-corrected chi connectivity index (χ3v) is 3.27. The van der Waals surface area contributed by atoms with E-state index >= 15 is 0 Å². The first-order chi connectivity index (χ1) is 6.22. The van der Waals surface area contributed by atoms with Crippen LogP contribution in [-0.4, -0.2) is 17.1 Å². The Labute approximate surface area is 80.0 Å². The smallest absolute Gasteiger partial charge is 0.220 e. The summed E-state index contributed by atoms with van der Waals surface area (Å²) in [6.07, 6.45) is 0.868. The van der Waals surface area contributed by atoms with Gasteiger partial charge in [-0.25, -0.2) is 0 Å². The summed E-state index contributed by atoms with van der Waals surface area (Å²) in [5.41, 5.74) is 2.16. The van der Waals surface area contributed by atoms with Crippen molar-refractivity contribution in [2.45, 2.75) is 20.0 Å². The lowest BCUT2D eigenvalue weighted by Crippen LogP contribution is -2.22. The van der Waals surface area contributed by atoms with Crippen molar-refractivity contribution < 1.29 is 9.59 Å². The van der Waals surface area contributed by atoms with Crippen LogP contribution in [0.3, 0.4) is 0 Å². The number of thiophene rings is 1. The van der Waals surface area contributed by atoms with Gasteiger partial charge in [0.1, 0.15) is 0 Å². The van der Waals surface area contributed by atoms with Gasteiger partial charge in [-0.2, -0.15) is 0 Å². The first-order valence-electron chi connectivity index (χ1n) is 4.02. The van der Waals surface area contributed by atoms with E-state index in [9.17, 15) is 9.59 Å². The SMILES string of the molecule is CC(=O)N1Cc2csc(C=O)c2C1. The normalized spacial score (nSPS) is 14.4. The van der Waals surface area contributed by atoms with Gasteiger partial charge in [-0.05, 0) is 16.5 Å². The molecule has 68 valence electrons. The van der Waals surface area contributed by atoms with Crippen molar-refractivity contribution in [1.82, 2.24) is 4.90 Å². The Bertz CT molecular complexity index is 370. The van der Waals surface area contributed by atoms with E-state index in [2.05, 4.69) is 0 Å². The van der Waals surface area contributed by atoms with Crippen LogP contribution in [0.1, 0.15) is 27.7 Å². The maximum absolute atomic E-state index is 11.1. The number of fused-ring (bicyclic) bond motifs is 1. The minimum atomic E-state index is 0.0676. The Morgan fingerprint density at radius 1 is 1.62 bits per heavy atom. The van der Waals surface area contributed by atoms with Crippen LogP contribution in [0.5, 0.6) is 0 Å². The highest BCUT2D eigenvalue weighted by Crippen LogP contribution is 2.29. The summed E-state index contributed by atoms with van der Waals surface area (Å²) in [6.45, 7) is 2.81. The highest BCUT2D eigenvalue weighted by molar-refractivity contribution is 7.12. The van der Waals surface area contributed by atoms with E-state index in [1.807, 2.05) is 5.38 Å². The predicted octanol–water partition coefficient (Wildman–Crippen LogP) is 1.42. The summed E-state index contributed by atoms with van der Waals surface area (Å²) < 4.78 is 0. The number of hydrogen-bond donors (Lipinski definition) is 0. The Balaban J connectivity index is 2.30. The molecule has 2 heterocycles. The summed E-state index contributed by atoms with van der Waals surface area (Å²) in [7, 11) is 0. The zero-order chi connectivity index (χ0) is 9.42. The average molecular weight is 195 g/mol. The van der Waals surface area contributed by atoms with Gasteiger partial charge in [0.05, 0.1) is 4.88 Å². The molecule has 0 aliphatic carbocycles. The zero-order valence-electron chi connectivity index (χ0n) is 7.24. The molecule has 0 aromatic carbocycles. The summed E-state index contributed by atoms with van der Waals surface area (Å²) in [5, 5.41) is 1.96. The molecule has 3 nitrogen and oxygen atoms in total. The summed E-state index contributed by atoms with van der Waals surface area (Å²) >= 11 is 1.46. The molecule has 1 aliphatic heterocycles. The van der Waals surface area contributed by atoms with Crippen LogP contribution in [-0.2, 0) is 17.9 Å². The number of hydrogen-bond acceptors (Lipinski definition) is 3. The maximum Gasteiger partial charge on any atom is 0.220 e. The topological polar surface area (TPSA) is 37.4 Å². The molecule has 0 fully saturated rings. The van der Waals surface area contributed by atoms with Crippen molar-refractivity contribution in [2.24, 2.45) is 0 Å². The van der Waals surface area contributed by atoms with E-state index < -0.39 is 0 Å². The molecule has 0 spiro atoms. The van der Waals surface area contributed by atoms with Crippen molar-refractivity contribution in [2.75, 3.05) is 0 Å². The molecule has 0 unspecified atom stereocenters. The first kappa shape index (κ1) is 8.44. The van der Waals surface area contributed by atoms with Crippen molar-refractivity contribution in [1.29, 1.82) is 0 Å². The quantitative estimate of drug-likeness (QED) is 0.635. The lowest BCUT2D eigenvalue weighted by molar-refractivity contribution is -0.129. The molecule has 4 heteroatoms. The van der Waals surface area contributed by atoms with Gasteiger partial charge in [0.25, 0.3) is 0 Å². The number of carbonyl (C=O) groups is 2. The van der Waals surface area contributed by atoms with Gasteiger partial charge in [-0.15, -0.1) is 11.3 Å². The number of aldehydes is 1. The molecule has 1 amide bonds. The van der Waals surface area contributed by atoms with Crippen molar-refractivity contribution in [3.63, 3.8) is 0 Å². The molecule has 1 aliphatic rings. The van der Waals surface area contributed by atoms with E-state index in [1.54, 1.807) is 11.8 Å². The van der Waals surface area contributed by atoms with Crippen LogP contribution in [0.4, 0.5) is 0 Å². The molecule has 0 saturated heterocycles. The van der Waals surface area contributed by atoms with Crippen molar-refractivity contribution >= 4 is 23.5 Å². The Morgan fingerprint density at radius 3 is 3.00 bits per heavy atom. The Kier molecular flexibility index (Phi) is 1.92. The number of carbonyl (C=O) groups excluding carboxylic acids is 2. The molecule has 1 aromatic rings. The van der Waals surface area contributed by atoms with Crippen LogP contribution in [0, 0.1) is 0 Å². The number of amides is 1. The monoisotopic (exact) mass is 195 g/mol. The lowest BCUT2D eigenvalue weighted by Gasteiger charge is -2.11. The highest BCUT2D eigenvalue weighted by atomic mass is 32.1. The van der Waals surface area contributed by atoms with Crippen LogP contribution >= 0.6 is 11.3 Å². The highest BCUT2D eigenvalue weighted by Gasteiger charge is 2.24. The van der Waals surface area contributed by atoms with E-state index in [4.69, 9.17) is 0 Å². The molecule has 1 aromatic heterocycles. The standard InChI is InChI=1S/C9H9NO2S/c1-6(12)10-2-7-5-13-9(4-11)8(7)3-10/h4-5H,2-3H2,1H3.